The van der Waals surface area contributed by atoms with Crippen LogP contribution in [-0.4, -0.2) is 90.8 Å². The monoisotopic (exact) mass is 469 g/mol. The molecule has 176 valence electrons. The molecule has 0 aromatic heterocycles. The number of aliphatic hydroxyl groups excluding tert-OH is 1. The van der Waals surface area contributed by atoms with Crippen LogP contribution >= 0.6 is 0 Å². The number of nitrogens with zero attached hydrogens (tertiary/aromatic N) is 3. The number of carbonyl (C=O) groups is 1. The van der Waals surface area contributed by atoms with Gasteiger partial charge in [0.15, 0.2) is 9.84 Å². The average Bonchev–Trinajstić information content (AvgIpc) is 3.13. The van der Waals surface area contributed by atoms with Gasteiger partial charge in [-0.05, 0) is 29.7 Å². The van der Waals surface area contributed by atoms with Gasteiger partial charge in [0, 0.05) is 51.6 Å². The fourth-order valence-corrected chi connectivity index (χ4v) is 6.39. The molecule has 8 heteroatoms. The topological polar surface area (TPSA) is 81.2 Å². The van der Waals surface area contributed by atoms with E-state index in [1.807, 2.05) is 47.4 Å². The van der Waals surface area contributed by atoms with Crippen molar-refractivity contribution in [3.05, 3.63) is 65.7 Å². The van der Waals surface area contributed by atoms with Crippen molar-refractivity contribution in [1.82, 2.24) is 14.7 Å². The predicted octanol–water partition coefficient (Wildman–Crippen LogP) is 1.16. The van der Waals surface area contributed by atoms with Crippen LogP contribution in [0.3, 0.4) is 0 Å². The first kappa shape index (κ1) is 22.5. The lowest BCUT2D eigenvalue weighted by Gasteiger charge is -2.61. The molecular weight excluding hydrogens is 438 g/mol. The zero-order valence-corrected chi connectivity index (χ0v) is 19.7. The maximum atomic E-state index is 13.1. The zero-order chi connectivity index (χ0) is 23.2. The lowest BCUT2D eigenvalue weighted by molar-refractivity contribution is -0.150. The lowest BCUT2D eigenvalue weighted by Crippen LogP contribution is -2.78. The number of amides is 1. The minimum atomic E-state index is -3.20. The van der Waals surface area contributed by atoms with Gasteiger partial charge in [-0.3, -0.25) is 14.6 Å². The van der Waals surface area contributed by atoms with Gasteiger partial charge in [0.25, 0.3) is 0 Å². The molecule has 7 nitrogen and oxygen atoms in total. The van der Waals surface area contributed by atoms with Crippen LogP contribution in [-0.2, 0) is 27.6 Å². The van der Waals surface area contributed by atoms with Crippen molar-refractivity contribution in [2.45, 2.75) is 42.0 Å². The maximum absolute atomic E-state index is 13.1. The average molecular weight is 470 g/mol. The summed E-state index contributed by atoms with van der Waals surface area (Å²) in [5.41, 5.74) is 1.97. The number of piperazine rings is 1. The minimum absolute atomic E-state index is 0.126. The van der Waals surface area contributed by atoms with Gasteiger partial charge in [-0.25, -0.2) is 8.42 Å². The summed E-state index contributed by atoms with van der Waals surface area (Å²) in [5.74, 6) is 0.149. The fraction of sp³-hybridized carbons (Fsp3) is 0.480. The number of aliphatic hydroxyl groups is 1. The van der Waals surface area contributed by atoms with Crippen LogP contribution in [0.25, 0.3) is 0 Å². The molecule has 3 saturated heterocycles. The molecule has 1 spiro atoms. The Hall–Kier alpha value is -2.26. The van der Waals surface area contributed by atoms with E-state index in [0.717, 1.165) is 30.8 Å². The maximum Gasteiger partial charge on any atom is 0.227 e. The number of rotatable bonds is 5. The Balaban J connectivity index is 1.27. The summed E-state index contributed by atoms with van der Waals surface area (Å²) in [5, 5.41) is 10.4. The van der Waals surface area contributed by atoms with Crippen molar-refractivity contribution in [2.75, 3.05) is 39.0 Å². The highest BCUT2D eigenvalue weighted by Gasteiger charge is 2.56. The van der Waals surface area contributed by atoms with E-state index in [4.69, 9.17) is 0 Å². The van der Waals surface area contributed by atoms with E-state index in [1.165, 1.54) is 6.26 Å². The van der Waals surface area contributed by atoms with Crippen LogP contribution in [0.1, 0.15) is 17.5 Å². The highest BCUT2D eigenvalue weighted by molar-refractivity contribution is 7.90. The van der Waals surface area contributed by atoms with E-state index in [2.05, 4.69) is 9.80 Å². The largest absolute Gasteiger partial charge is 0.392 e. The zero-order valence-electron chi connectivity index (χ0n) is 18.9. The predicted molar refractivity (Wildman–Crippen MR) is 125 cm³/mol. The summed E-state index contributed by atoms with van der Waals surface area (Å²) in [4.78, 5) is 20.2. The number of carbonyl (C=O) groups excluding carboxylic acids is 1. The van der Waals surface area contributed by atoms with Gasteiger partial charge >= 0.3 is 0 Å². The van der Waals surface area contributed by atoms with Crippen molar-refractivity contribution in [1.29, 1.82) is 0 Å². The molecule has 2 atom stereocenters. The van der Waals surface area contributed by atoms with Gasteiger partial charge in [-0.1, -0.05) is 42.5 Å². The van der Waals surface area contributed by atoms with E-state index in [9.17, 15) is 18.3 Å². The summed E-state index contributed by atoms with van der Waals surface area (Å²) in [6, 6.07) is 17.1. The van der Waals surface area contributed by atoms with Crippen LogP contribution in [0.15, 0.2) is 59.5 Å². The van der Waals surface area contributed by atoms with E-state index < -0.39 is 9.84 Å². The fourth-order valence-electron chi connectivity index (χ4n) is 5.76. The molecule has 3 aliphatic heterocycles. The molecule has 0 bridgehead atoms. The third kappa shape index (κ3) is 4.57. The Morgan fingerprint density at radius 1 is 1.00 bits per heavy atom. The number of β-amino-alcohol motifs (C(OH)–C–C–N with tert-alkyl or cyclic N) is 1. The summed E-state index contributed by atoms with van der Waals surface area (Å²) in [6.07, 6.45) is 2.00. The van der Waals surface area contributed by atoms with Gasteiger partial charge in [0.05, 0.1) is 23.0 Å². The van der Waals surface area contributed by atoms with E-state index >= 15 is 0 Å². The number of likely N-dealkylation sites (tertiary alicyclic amines) is 1. The molecule has 1 amide bonds. The highest BCUT2D eigenvalue weighted by atomic mass is 32.2. The first-order chi connectivity index (χ1) is 15.7. The van der Waals surface area contributed by atoms with Crippen molar-refractivity contribution in [3.63, 3.8) is 0 Å². The molecule has 0 radical (unpaired) electrons. The summed E-state index contributed by atoms with van der Waals surface area (Å²) >= 11 is 0. The summed E-state index contributed by atoms with van der Waals surface area (Å²) in [7, 11) is -3.20. The molecule has 2 aromatic rings. The Morgan fingerprint density at radius 3 is 2.36 bits per heavy atom. The molecule has 0 aliphatic carbocycles. The van der Waals surface area contributed by atoms with Crippen molar-refractivity contribution < 1.29 is 18.3 Å². The highest BCUT2D eigenvalue weighted by Crippen LogP contribution is 2.39. The molecule has 33 heavy (non-hydrogen) atoms. The number of benzene rings is 2. The van der Waals surface area contributed by atoms with Crippen molar-refractivity contribution >= 4 is 15.7 Å². The molecule has 3 aliphatic rings. The number of fused-ring (bicyclic) bond motifs is 2. The Kier molecular flexibility index (Phi) is 5.81. The van der Waals surface area contributed by atoms with Crippen LogP contribution < -0.4 is 0 Å². The van der Waals surface area contributed by atoms with Crippen LogP contribution in [0.2, 0.25) is 0 Å². The van der Waals surface area contributed by atoms with E-state index in [-0.39, 0.29) is 23.6 Å². The second kappa shape index (κ2) is 8.51. The van der Waals surface area contributed by atoms with Crippen LogP contribution in [0, 0.1) is 0 Å². The minimum Gasteiger partial charge on any atom is -0.392 e. The molecule has 3 heterocycles. The van der Waals surface area contributed by atoms with Gasteiger partial charge in [-0.15, -0.1) is 0 Å². The van der Waals surface area contributed by atoms with Gasteiger partial charge in [0.1, 0.15) is 0 Å². The third-order valence-electron chi connectivity index (χ3n) is 7.26. The molecule has 3 fully saturated rings. The SMILES string of the molecule is CS(=O)(=O)c1ccc(CN2CC3(C2)CN(C(=O)Cc2ccccc2)C[C@@H]2C[C@@H](O)CN23)cc1. The second-order valence-corrected chi connectivity index (χ2v) is 11.9. The number of hydrogen-bond acceptors (Lipinski definition) is 6. The molecule has 5 rings (SSSR count). The Morgan fingerprint density at radius 2 is 1.70 bits per heavy atom. The molecule has 0 unspecified atom stereocenters. The number of hydrogen-bond donors (Lipinski definition) is 1. The van der Waals surface area contributed by atoms with Gasteiger partial charge in [-0.2, -0.15) is 0 Å². The molecule has 1 N–H and O–H groups in total. The van der Waals surface area contributed by atoms with Crippen LogP contribution in [0.4, 0.5) is 0 Å². The summed E-state index contributed by atoms with van der Waals surface area (Å²) in [6.45, 7) is 4.44. The van der Waals surface area contributed by atoms with Gasteiger partial charge in [0.2, 0.25) is 5.91 Å². The second-order valence-electron chi connectivity index (χ2n) is 9.92. The molecule has 2 aromatic carbocycles. The Labute approximate surface area is 195 Å². The first-order valence-corrected chi connectivity index (χ1v) is 13.4. The molecule has 0 saturated carbocycles. The summed E-state index contributed by atoms with van der Waals surface area (Å²) < 4.78 is 23.4. The van der Waals surface area contributed by atoms with E-state index in [0.29, 0.717) is 37.4 Å². The third-order valence-corrected chi connectivity index (χ3v) is 8.39. The van der Waals surface area contributed by atoms with Crippen molar-refractivity contribution in [2.24, 2.45) is 0 Å². The number of sulfone groups is 1. The molecular formula is C25H31N3O4S. The lowest BCUT2D eigenvalue weighted by atomic mass is 9.83. The Bertz CT molecular complexity index is 1110. The first-order valence-electron chi connectivity index (χ1n) is 11.5. The smallest absolute Gasteiger partial charge is 0.227 e. The quantitative estimate of drug-likeness (QED) is 0.708. The van der Waals surface area contributed by atoms with Crippen LogP contribution in [0.5, 0.6) is 0 Å². The van der Waals surface area contributed by atoms with E-state index in [1.54, 1.807) is 12.1 Å². The standard InChI is InChI=1S/C25H31N3O4S/c1-33(31,32)23-9-7-20(8-10-23)13-26-16-25(17-26)18-27(14-21-12-22(29)15-28(21)25)24(30)11-19-5-3-2-4-6-19/h2-10,21-22,29H,11-18H2,1H3/t21-,22+/m0/s1. The van der Waals surface area contributed by atoms with Crippen molar-refractivity contribution in [3.8, 4) is 0 Å². The normalized spacial score (nSPS) is 25.1. The van der Waals surface area contributed by atoms with Gasteiger partial charge < -0.3 is 10.0 Å².